The fourth-order valence-corrected chi connectivity index (χ4v) is 4.99. The first-order chi connectivity index (χ1) is 20.1. The largest absolute Gasteiger partial charge is 0.395 e. The first kappa shape index (κ1) is 40.5. The standard InChI is InChI=1S/C28H64N6O7/c35-22-6-29-5-1-7-30(8-2-11-32(16-23-36)17-24-37)14-15-31(9-3-12-33(18-25-38)19-26-39)10-4-13-34(20-27-40)21-28-41/h29,35-41H,1-28H2. The molecule has 0 fully saturated rings. The third kappa shape index (κ3) is 24.6. The monoisotopic (exact) mass is 596 g/mol. The minimum atomic E-state index is 0.0748. The fourth-order valence-electron chi connectivity index (χ4n) is 4.99. The lowest BCUT2D eigenvalue weighted by molar-refractivity contribution is 0.136. The quantitative estimate of drug-likeness (QED) is 0.0353. The minimum absolute atomic E-state index is 0.0748. The summed E-state index contributed by atoms with van der Waals surface area (Å²) < 4.78 is 0. The molecule has 0 aromatic heterocycles. The molecule has 0 unspecified atom stereocenters. The number of hydrogen-bond donors (Lipinski definition) is 8. The molecule has 0 saturated heterocycles. The van der Waals surface area contributed by atoms with Crippen molar-refractivity contribution < 1.29 is 35.7 Å². The topological polar surface area (TPSA) is 170 Å². The number of nitrogens with one attached hydrogen (secondary N) is 1. The molecule has 0 amide bonds. The molecule has 0 bridgehead atoms. The molecule has 41 heavy (non-hydrogen) atoms. The summed E-state index contributed by atoms with van der Waals surface area (Å²) in [6.07, 6.45) is 3.78. The highest BCUT2D eigenvalue weighted by Gasteiger charge is 2.13. The van der Waals surface area contributed by atoms with Crippen LogP contribution in [-0.4, -0.2) is 218 Å². The molecule has 13 heteroatoms. The van der Waals surface area contributed by atoms with Crippen molar-refractivity contribution >= 4 is 0 Å². The van der Waals surface area contributed by atoms with Gasteiger partial charge < -0.3 is 50.9 Å². The van der Waals surface area contributed by atoms with E-state index in [2.05, 4.69) is 29.8 Å². The smallest absolute Gasteiger partial charge is 0.0558 e. The van der Waals surface area contributed by atoms with E-state index in [1.54, 1.807) is 0 Å². The Morgan fingerprint density at radius 3 is 0.805 bits per heavy atom. The van der Waals surface area contributed by atoms with Gasteiger partial charge in [-0.15, -0.1) is 0 Å². The maximum atomic E-state index is 9.33. The third-order valence-corrected chi connectivity index (χ3v) is 7.19. The Bertz CT molecular complexity index is 490. The van der Waals surface area contributed by atoms with Gasteiger partial charge in [0.25, 0.3) is 0 Å². The molecular formula is C28H64N6O7. The van der Waals surface area contributed by atoms with Crippen LogP contribution < -0.4 is 5.32 Å². The second-order valence-corrected chi connectivity index (χ2v) is 10.4. The lowest BCUT2D eigenvalue weighted by Gasteiger charge is -2.30. The molecule has 0 aromatic rings. The van der Waals surface area contributed by atoms with E-state index in [0.29, 0.717) is 45.8 Å². The van der Waals surface area contributed by atoms with Gasteiger partial charge in [0.2, 0.25) is 0 Å². The van der Waals surface area contributed by atoms with Gasteiger partial charge in [-0.2, -0.15) is 0 Å². The summed E-state index contributed by atoms with van der Waals surface area (Å²) in [5, 5.41) is 68.2. The Morgan fingerprint density at radius 2 is 0.537 bits per heavy atom. The lowest BCUT2D eigenvalue weighted by atomic mass is 10.2. The van der Waals surface area contributed by atoms with Crippen LogP contribution in [0.2, 0.25) is 0 Å². The molecular weight excluding hydrogens is 532 g/mol. The Balaban J connectivity index is 5.11. The van der Waals surface area contributed by atoms with Crippen LogP contribution in [0.15, 0.2) is 0 Å². The summed E-state index contributed by atoms with van der Waals surface area (Å²) >= 11 is 0. The molecule has 0 aromatic carbocycles. The Labute approximate surface area is 249 Å². The average Bonchev–Trinajstić information content (AvgIpc) is 2.95. The van der Waals surface area contributed by atoms with Gasteiger partial charge >= 0.3 is 0 Å². The predicted octanol–water partition coefficient (Wildman–Crippen LogP) is -3.41. The molecule has 0 heterocycles. The summed E-state index contributed by atoms with van der Waals surface area (Å²) in [6, 6.07) is 0. The van der Waals surface area contributed by atoms with Crippen LogP contribution in [0.25, 0.3) is 0 Å². The summed E-state index contributed by atoms with van der Waals surface area (Å²) in [5.41, 5.74) is 0. The van der Waals surface area contributed by atoms with Gasteiger partial charge in [0.05, 0.1) is 46.2 Å². The molecule has 0 aliphatic heterocycles. The van der Waals surface area contributed by atoms with Crippen LogP contribution in [0.4, 0.5) is 0 Å². The van der Waals surface area contributed by atoms with Crippen LogP contribution >= 0.6 is 0 Å². The van der Waals surface area contributed by atoms with Crippen molar-refractivity contribution in [2.75, 3.05) is 158 Å². The Morgan fingerprint density at radius 1 is 0.268 bits per heavy atom. The summed E-state index contributed by atoms with van der Waals surface area (Å²) in [4.78, 5) is 11.2. The highest BCUT2D eigenvalue weighted by atomic mass is 16.3. The molecule has 0 aliphatic carbocycles. The second-order valence-electron chi connectivity index (χ2n) is 10.4. The number of rotatable bonds is 33. The first-order valence-corrected chi connectivity index (χ1v) is 15.7. The highest BCUT2D eigenvalue weighted by Crippen LogP contribution is 2.03. The van der Waals surface area contributed by atoms with Crippen LogP contribution in [0.3, 0.4) is 0 Å². The third-order valence-electron chi connectivity index (χ3n) is 7.19. The minimum Gasteiger partial charge on any atom is -0.395 e. The van der Waals surface area contributed by atoms with Gasteiger partial charge in [-0.05, 0) is 78.0 Å². The number of nitrogens with zero attached hydrogens (tertiary/aromatic N) is 5. The van der Waals surface area contributed by atoms with Gasteiger partial charge in [0, 0.05) is 58.9 Å². The van der Waals surface area contributed by atoms with E-state index in [9.17, 15) is 30.6 Å². The molecule has 0 radical (unpaired) electrons. The Kier molecular flexibility index (Phi) is 30.5. The van der Waals surface area contributed by atoms with Crippen LogP contribution in [0, 0.1) is 0 Å². The van der Waals surface area contributed by atoms with Crippen molar-refractivity contribution in [2.45, 2.75) is 25.7 Å². The molecule has 0 rings (SSSR count). The normalized spacial score (nSPS) is 12.3. The fraction of sp³-hybridized carbons (Fsp3) is 1.00. The number of hydrogen-bond acceptors (Lipinski definition) is 13. The summed E-state index contributed by atoms with van der Waals surface area (Å²) in [5.74, 6) is 0. The van der Waals surface area contributed by atoms with Gasteiger partial charge in [-0.3, -0.25) is 14.7 Å². The number of aliphatic hydroxyl groups is 7. The maximum Gasteiger partial charge on any atom is 0.0558 e. The van der Waals surface area contributed by atoms with E-state index >= 15 is 0 Å². The van der Waals surface area contributed by atoms with Gasteiger partial charge in [0.15, 0.2) is 0 Å². The van der Waals surface area contributed by atoms with Crippen LogP contribution in [-0.2, 0) is 0 Å². The van der Waals surface area contributed by atoms with Gasteiger partial charge in [-0.25, -0.2) is 0 Å². The van der Waals surface area contributed by atoms with E-state index < -0.39 is 0 Å². The second kappa shape index (κ2) is 30.9. The van der Waals surface area contributed by atoms with Crippen molar-refractivity contribution in [3.8, 4) is 0 Å². The molecule has 248 valence electrons. The molecule has 8 N–H and O–H groups in total. The van der Waals surface area contributed by atoms with E-state index in [-0.39, 0.29) is 46.2 Å². The number of aliphatic hydroxyl groups excluding tert-OH is 7. The SMILES string of the molecule is OCCNCCCN(CCCN(CCO)CCO)CCN(CCCN(CCO)CCO)CCCN(CCO)CCO. The van der Waals surface area contributed by atoms with E-state index in [4.69, 9.17) is 5.11 Å². The van der Waals surface area contributed by atoms with Crippen molar-refractivity contribution in [3.63, 3.8) is 0 Å². The molecule has 0 atom stereocenters. The van der Waals surface area contributed by atoms with Crippen molar-refractivity contribution in [1.29, 1.82) is 0 Å². The highest BCUT2D eigenvalue weighted by molar-refractivity contribution is 4.69. The van der Waals surface area contributed by atoms with E-state index in [1.165, 1.54) is 0 Å². The predicted molar refractivity (Wildman–Crippen MR) is 163 cm³/mol. The molecule has 0 spiro atoms. The first-order valence-electron chi connectivity index (χ1n) is 15.7. The summed E-state index contributed by atoms with van der Waals surface area (Å²) in [7, 11) is 0. The molecule has 0 saturated carbocycles. The zero-order valence-corrected chi connectivity index (χ0v) is 25.7. The van der Waals surface area contributed by atoms with Crippen molar-refractivity contribution in [2.24, 2.45) is 0 Å². The van der Waals surface area contributed by atoms with Gasteiger partial charge in [0.1, 0.15) is 0 Å². The average molecular weight is 597 g/mol. The zero-order chi connectivity index (χ0) is 30.4. The van der Waals surface area contributed by atoms with E-state index in [1.807, 2.05) is 0 Å². The molecule has 13 nitrogen and oxygen atoms in total. The van der Waals surface area contributed by atoms with Crippen molar-refractivity contribution in [3.05, 3.63) is 0 Å². The Hall–Kier alpha value is -0.520. The zero-order valence-electron chi connectivity index (χ0n) is 25.7. The van der Waals surface area contributed by atoms with Crippen LogP contribution in [0.1, 0.15) is 25.7 Å². The lowest BCUT2D eigenvalue weighted by Crippen LogP contribution is -2.41. The maximum absolute atomic E-state index is 9.33. The summed E-state index contributed by atoms with van der Waals surface area (Å²) in [6.45, 7) is 13.3. The van der Waals surface area contributed by atoms with Crippen LogP contribution in [0.5, 0.6) is 0 Å². The van der Waals surface area contributed by atoms with Gasteiger partial charge in [-0.1, -0.05) is 0 Å². The molecule has 0 aliphatic rings. The van der Waals surface area contributed by atoms with Crippen molar-refractivity contribution in [1.82, 2.24) is 29.8 Å². The van der Waals surface area contributed by atoms with E-state index in [0.717, 1.165) is 91.1 Å².